The maximum atomic E-state index is 8.89. The average Bonchev–Trinajstić information content (AvgIpc) is 1.54. The molecule has 0 spiro atoms. The van der Waals surface area contributed by atoms with Crippen LogP contribution in [0.2, 0.25) is 0 Å². The minimum absolute atomic E-state index is 0. The molecule has 0 aromatic carbocycles. The minimum Gasteiger partial charge on any atom is -0.248 e. The van der Waals surface area contributed by atoms with Crippen LogP contribution in [0.3, 0.4) is 0 Å². The van der Waals surface area contributed by atoms with E-state index >= 15 is 0 Å². The molecule has 0 aliphatic rings. The van der Waals surface area contributed by atoms with Crippen LogP contribution < -0.4 is 0 Å². The summed E-state index contributed by atoms with van der Waals surface area (Å²) in [6.45, 7) is 2.92. The van der Waals surface area contributed by atoms with Crippen molar-refractivity contribution in [1.82, 2.24) is 0 Å². The van der Waals surface area contributed by atoms with E-state index in [-0.39, 0.29) is 11.0 Å². The summed E-state index contributed by atoms with van der Waals surface area (Å²) in [6.07, 6.45) is 0. The number of hydrogen-bond donors (Lipinski definition) is 0. The van der Waals surface area contributed by atoms with Crippen molar-refractivity contribution in [3.8, 4) is 0 Å². The van der Waals surface area contributed by atoms with Crippen LogP contribution in [0.25, 0.3) is 0 Å². The van der Waals surface area contributed by atoms with Crippen LogP contribution in [-0.2, 0) is 29.7 Å². The molecule has 6 nitrogen and oxygen atoms in total. The predicted molar refractivity (Wildman–Crippen MR) is 39.9 cm³/mol. The van der Waals surface area contributed by atoms with Crippen LogP contribution in [0, 0.1) is 0 Å². The highest BCUT2D eigenvalue weighted by Gasteiger charge is 1.72. The zero-order valence-electron chi connectivity index (χ0n) is 7.45. The van der Waals surface area contributed by atoms with E-state index in [1.54, 1.807) is 0 Å². The van der Waals surface area contributed by atoms with E-state index in [2.05, 4.69) is 0 Å². The molecule has 0 amide bonds. The monoisotopic (exact) mass is 205 g/mol. The maximum Gasteiger partial charge on any atom is 0.352 e. The van der Waals surface area contributed by atoms with Crippen molar-refractivity contribution >= 4 is 28.9 Å². The van der Waals surface area contributed by atoms with Crippen LogP contribution in [0.1, 0.15) is 20.8 Å². The van der Waals surface area contributed by atoms with Gasteiger partial charge in [-0.05, 0) is 0 Å². The van der Waals surface area contributed by atoms with Crippen LogP contribution >= 0.6 is 0 Å². The molecule has 13 heavy (non-hydrogen) atoms. The molecule has 0 aromatic heterocycles. The molecule has 0 rings (SSSR count). The van der Waals surface area contributed by atoms with Gasteiger partial charge >= 0.3 is 17.9 Å². The molecule has 0 aliphatic heterocycles. The van der Waals surface area contributed by atoms with Gasteiger partial charge in [0, 0.05) is 31.7 Å². The van der Waals surface area contributed by atoms with Crippen molar-refractivity contribution in [2.45, 2.75) is 20.8 Å². The lowest BCUT2D eigenvalue weighted by Gasteiger charge is -1.50. The maximum absolute atomic E-state index is 8.89. The number of carbonyl (C=O) groups is 3. The molecule has 0 aliphatic carbocycles. The van der Waals surface area contributed by atoms with Crippen molar-refractivity contribution in [3.63, 3.8) is 0 Å². The highest BCUT2D eigenvalue weighted by molar-refractivity contribution is 5.75. The minimum atomic E-state index is -1.08. The van der Waals surface area contributed by atoms with E-state index in [0.29, 0.717) is 0 Å². The summed E-state index contributed by atoms with van der Waals surface area (Å²) in [5, 5.41) is 26.7. The molecule has 0 N–H and O–H groups in total. The Labute approximate surface area is 80.2 Å². The second-order valence-corrected chi connectivity index (χ2v) is 1.47. The normalized spacial score (nSPS) is 5.77. The lowest BCUT2D eigenvalue weighted by atomic mass is 10.9. The van der Waals surface area contributed by atoms with Crippen LogP contribution in [0.4, 0.5) is 0 Å². The van der Waals surface area contributed by atoms with E-state index < -0.39 is 17.9 Å². The smallest absolute Gasteiger partial charge is 0.248 e. The van der Waals surface area contributed by atoms with Crippen molar-refractivity contribution in [2.24, 2.45) is 0 Å². The summed E-state index contributed by atoms with van der Waals surface area (Å²) in [5.74, 6) is -3.25. The molecular weight excluding hydrogens is 196 g/mol. The van der Waals surface area contributed by atoms with Gasteiger partial charge in [-0.15, -0.1) is 0 Å². The molecular formula is C6H9O6Si. The lowest BCUT2D eigenvalue weighted by Crippen LogP contribution is -1.74. The Morgan fingerprint density at radius 1 is 0.615 bits per heavy atom. The highest BCUT2D eigenvalue weighted by Crippen LogP contribution is 1.45. The van der Waals surface area contributed by atoms with E-state index in [9.17, 15) is 0 Å². The van der Waals surface area contributed by atoms with E-state index in [4.69, 9.17) is 29.7 Å². The fraction of sp³-hybridized carbons (Fsp3) is 0.500. The molecule has 0 heterocycles. The quantitative estimate of drug-likeness (QED) is 0.497. The predicted octanol–water partition coefficient (Wildman–Crippen LogP) is -0.491. The first-order chi connectivity index (χ1) is 5.20. The standard InChI is InChI=1S/3C2H3O2.Si/c3*1-2(3)4;/h3*1H3;. The first kappa shape index (κ1) is 22.6. The molecule has 0 unspecified atom stereocenters. The summed E-state index contributed by atoms with van der Waals surface area (Å²) in [5.41, 5.74) is 0. The summed E-state index contributed by atoms with van der Waals surface area (Å²) in [7, 11) is 0. The molecule has 0 fully saturated rings. The Morgan fingerprint density at radius 3 is 0.615 bits per heavy atom. The first-order valence-corrected chi connectivity index (χ1v) is 2.72. The molecule has 7 heteroatoms. The molecule has 0 bridgehead atoms. The first-order valence-electron chi connectivity index (χ1n) is 2.72. The highest BCUT2D eigenvalue weighted by atomic mass is 28.1. The van der Waals surface area contributed by atoms with Gasteiger partial charge in [-0.1, -0.05) is 0 Å². The fourth-order valence-electron chi connectivity index (χ4n) is 0. The van der Waals surface area contributed by atoms with Gasteiger partial charge in [-0.25, -0.2) is 29.7 Å². The SMILES string of the molecule is CC([O])=O.CC([O])=O.CC([O])=O.[Si]. The van der Waals surface area contributed by atoms with Crippen molar-refractivity contribution in [3.05, 3.63) is 0 Å². The largest absolute Gasteiger partial charge is 0.352 e. The van der Waals surface area contributed by atoms with Gasteiger partial charge in [-0.2, -0.15) is 0 Å². The Morgan fingerprint density at radius 2 is 0.615 bits per heavy atom. The average molecular weight is 205 g/mol. The second kappa shape index (κ2) is 16.9. The summed E-state index contributed by atoms with van der Waals surface area (Å²) in [6, 6.07) is 0. The summed E-state index contributed by atoms with van der Waals surface area (Å²) in [4.78, 5) is 26.7. The fourth-order valence-corrected chi connectivity index (χ4v) is 0. The molecule has 7 radical (unpaired) electrons. The number of rotatable bonds is 0. The van der Waals surface area contributed by atoms with Crippen molar-refractivity contribution < 1.29 is 29.7 Å². The zero-order chi connectivity index (χ0) is 10.7. The third-order valence-corrected chi connectivity index (χ3v) is 0. The van der Waals surface area contributed by atoms with E-state index in [1.807, 2.05) is 0 Å². The Hall–Kier alpha value is -1.37. The Balaban J connectivity index is -0.0000000450. The van der Waals surface area contributed by atoms with Crippen molar-refractivity contribution in [1.29, 1.82) is 0 Å². The Bertz CT molecular complexity index is 115. The van der Waals surface area contributed by atoms with Gasteiger partial charge in [0.05, 0.1) is 0 Å². The van der Waals surface area contributed by atoms with Crippen LogP contribution in [-0.4, -0.2) is 28.9 Å². The lowest BCUT2D eigenvalue weighted by molar-refractivity contribution is -0.141. The molecule has 0 atom stereocenters. The van der Waals surface area contributed by atoms with Gasteiger partial charge in [0.2, 0.25) is 0 Å². The third-order valence-electron chi connectivity index (χ3n) is 0. The topological polar surface area (TPSA) is 111 Å². The van der Waals surface area contributed by atoms with E-state index in [1.165, 1.54) is 0 Å². The second-order valence-electron chi connectivity index (χ2n) is 1.47. The van der Waals surface area contributed by atoms with Crippen LogP contribution in [0.15, 0.2) is 0 Å². The third kappa shape index (κ3) is 419. The summed E-state index contributed by atoms with van der Waals surface area (Å²) < 4.78 is 0. The van der Waals surface area contributed by atoms with Crippen LogP contribution in [0.5, 0.6) is 0 Å². The van der Waals surface area contributed by atoms with Crippen molar-refractivity contribution in [2.75, 3.05) is 0 Å². The van der Waals surface area contributed by atoms with Gasteiger partial charge in [0.25, 0.3) is 0 Å². The van der Waals surface area contributed by atoms with Gasteiger partial charge in [0.15, 0.2) is 0 Å². The van der Waals surface area contributed by atoms with Gasteiger partial charge in [0.1, 0.15) is 0 Å². The van der Waals surface area contributed by atoms with E-state index in [0.717, 1.165) is 20.8 Å². The Kier molecular flexibility index (Phi) is 29.4. The number of hydrogen-bond acceptors (Lipinski definition) is 3. The molecule has 0 aromatic rings. The molecule has 0 saturated carbocycles. The van der Waals surface area contributed by atoms with Gasteiger partial charge in [-0.3, -0.25) is 0 Å². The zero-order valence-corrected chi connectivity index (χ0v) is 8.45. The summed E-state index contributed by atoms with van der Waals surface area (Å²) >= 11 is 0. The molecule has 73 valence electrons. The number of carbonyl (C=O) groups excluding carboxylic acids is 3. The van der Waals surface area contributed by atoms with Gasteiger partial charge < -0.3 is 0 Å². The molecule has 0 saturated heterocycles.